The van der Waals surface area contributed by atoms with E-state index in [1.54, 1.807) is 0 Å². The van der Waals surface area contributed by atoms with Gasteiger partial charge < -0.3 is 5.11 Å². The van der Waals surface area contributed by atoms with Gasteiger partial charge in [0.2, 0.25) is 0 Å². The van der Waals surface area contributed by atoms with Crippen LogP contribution in [0.15, 0.2) is 58.4 Å². The minimum Gasteiger partial charge on any atom is -0.480 e. The Morgan fingerprint density at radius 3 is 1.77 bits per heavy atom. The lowest BCUT2D eigenvalue weighted by Crippen LogP contribution is -2.32. The summed E-state index contributed by atoms with van der Waals surface area (Å²) in [6, 6.07) is 8.93. The lowest BCUT2D eigenvalue weighted by atomic mass is 9.99. The standard InChI is InChI=1S/C21H21F4NO4S/c1-20(2,22)12-17(19(27)28)26-18(21(23,24)25)15-6-4-13(5-7-15)14-8-10-16(11-9-14)31(3,29)30/h4-11,17H,12H2,1-3H3,(H,27,28)/b26-18-/t17-/m0/s1. The molecule has 31 heavy (non-hydrogen) atoms. The third-order valence-corrected chi connectivity index (χ3v) is 5.42. The average Bonchev–Trinajstić information content (AvgIpc) is 2.62. The molecule has 168 valence electrons. The van der Waals surface area contributed by atoms with E-state index in [1.807, 2.05) is 0 Å². The van der Waals surface area contributed by atoms with Crippen LogP contribution < -0.4 is 0 Å². The molecule has 1 atom stereocenters. The summed E-state index contributed by atoms with van der Waals surface area (Å²) >= 11 is 0. The molecule has 2 aromatic rings. The summed E-state index contributed by atoms with van der Waals surface area (Å²) in [6.07, 6.45) is -4.61. The van der Waals surface area contributed by atoms with Gasteiger partial charge in [-0.3, -0.25) is 4.99 Å². The number of aliphatic carboxylic acids is 1. The van der Waals surface area contributed by atoms with Gasteiger partial charge in [-0.15, -0.1) is 0 Å². The molecule has 0 heterocycles. The highest BCUT2D eigenvalue weighted by Gasteiger charge is 2.39. The molecule has 0 aromatic heterocycles. The predicted molar refractivity (Wildman–Crippen MR) is 109 cm³/mol. The number of carboxylic acid groups (broad SMARTS) is 1. The van der Waals surface area contributed by atoms with Crippen LogP contribution in [0.3, 0.4) is 0 Å². The first-order chi connectivity index (χ1) is 14.1. The van der Waals surface area contributed by atoms with E-state index in [4.69, 9.17) is 0 Å². The average molecular weight is 459 g/mol. The van der Waals surface area contributed by atoms with Crippen molar-refractivity contribution in [3.05, 3.63) is 54.1 Å². The monoisotopic (exact) mass is 459 g/mol. The number of hydrogen-bond donors (Lipinski definition) is 1. The van der Waals surface area contributed by atoms with Crippen LogP contribution in [0.4, 0.5) is 17.6 Å². The Morgan fingerprint density at radius 2 is 1.42 bits per heavy atom. The van der Waals surface area contributed by atoms with Gasteiger partial charge in [-0.05, 0) is 37.1 Å². The fraction of sp³-hybridized carbons (Fsp3) is 0.333. The quantitative estimate of drug-likeness (QED) is 0.481. The fourth-order valence-corrected chi connectivity index (χ4v) is 3.46. The largest absolute Gasteiger partial charge is 0.480 e. The van der Waals surface area contributed by atoms with E-state index in [-0.39, 0.29) is 10.5 Å². The molecule has 2 aromatic carbocycles. The number of rotatable bonds is 7. The van der Waals surface area contributed by atoms with Crippen molar-refractivity contribution in [2.75, 3.05) is 6.26 Å². The Balaban J connectivity index is 2.42. The Bertz CT molecular complexity index is 1070. The van der Waals surface area contributed by atoms with Crippen LogP contribution in [-0.2, 0) is 14.6 Å². The summed E-state index contributed by atoms with van der Waals surface area (Å²) in [6.45, 7) is 2.13. The molecule has 1 N–H and O–H groups in total. The Labute approximate surface area is 177 Å². The molecule has 0 amide bonds. The van der Waals surface area contributed by atoms with E-state index in [0.29, 0.717) is 11.1 Å². The van der Waals surface area contributed by atoms with Crippen molar-refractivity contribution >= 4 is 21.5 Å². The number of aliphatic imine (C=N–C) groups is 1. The van der Waals surface area contributed by atoms with Gasteiger partial charge in [0.1, 0.15) is 11.4 Å². The second-order valence-electron chi connectivity index (χ2n) is 7.63. The van der Waals surface area contributed by atoms with Crippen LogP contribution in [0.25, 0.3) is 11.1 Å². The van der Waals surface area contributed by atoms with Crippen molar-refractivity contribution in [3.63, 3.8) is 0 Å². The summed E-state index contributed by atoms with van der Waals surface area (Å²) in [5, 5.41) is 9.19. The summed E-state index contributed by atoms with van der Waals surface area (Å²) in [4.78, 5) is 14.8. The lowest BCUT2D eigenvalue weighted by molar-refractivity contribution is -0.139. The van der Waals surface area contributed by atoms with Crippen molar-refractivity contribution < 1.29 is 35.9 Å². The summed E-state index contributed by atoms with van der Waals surface area (Å²) < 4.78 is 77.6. The Hall–Kier alpha value is -2.75. The van der Waals surface area contributed by atoms with E-state index in [2.05, 4.69) is 4.99 Å². The van der Waals surface area contributed by atoms with Crippen LogP contribution in [0.5, 0.6) is 0 Å². The predicted octanol–water partition coefficient (Wildman–Crippen LogP) is 4.70. The highest BCUT2D eigenvalue weighted by molar-refractivity contribution is 7.90. The molecule has 0 aliphatic rings. The first kappa shape index (κ1) is 24.5. The number of benzene rings is 2. The zero-order valence-corrected chi connectivity index (χ0v) is 17.8. The number of sulfone groups is 1. The number of nitrogens with zero attached hydrogens (tertiary/aromatic N) is 1. The van der Waals surface area contributed by atoms with E-state index in [9.17, 15) is 35.9 Å². The van der Waals surface area contributed by atoms with Gasteiger partial charge in [0.05, 0.1) is 4.90 Å². The molecule has 0 aliphatic carbocycles. The maximum Gasteiger partial charge on any atom is 0.433 e. The van der Waals surface area contributed by atoms with Crippen LogP contribution in [0.2, 0.25) is 0 Å². The highest BCUT2D eigenvalue weighted by Crippen LogP contribution is 2.28. The fourth-order valence-electron chi connectivity index (χ4n) is 2.83. The van der Waals surface area contributed by atoms with Gasteiger partial charge in [-0.2, -0.15) is 13.2 Å². The van der Waals surface area contributed by atoms with E-state index in [1.165, 1.54) is 36.4 Å². The van der Waals surface area contributed by atoms with Crippen LogP contribution in [-0.4, -0.2) is 49.3 Å². The first-order valence-corrected chi connectivity index (χ1v) is 10.9. The molecule has 10 heteroatoms. The second-order valence-corrected chi connectivity index (χ2v) is 9.64. The summed E-state index contributed by atoms with van der Waals surface area (Å²) in [5.41, 5.74) is -2.71. The van der Waals surface area contributed by atoms with Gasteiger partial charge in [-0.25, -0.2) is 17.6 Å². The molecule has 0 unspecified atom stereocenters. The topological polar surface area (TPSA) is 83.8 Å². The first-order valence-electron chi connectivity index (χ1n) is 9.05. The summed E-state index contributed by atoms with van der Waals surface area (Å²) in [7, 11) is -3.38. The Kier molecular flexibility index (Phi) is 6.94. The molecular formula is C21H21F4NO4S. The second kappa shape index (κ2) is 8.78. The molecule has 5 nitrogen and oxygen atoms in total. The third-order valence-electron chi connectivity index (χ3n) is 4.29. The van der Waals surface area contributed by atoms with Gasteiger partial charge in [0.25, 0.3) is 0 Å². The number of halogens is 4. The molecule has 0 radical (unpaired) electrons. The molecule has 0 bridgehead atoms. The molecule has 0 fully saturated rings. The van der Waals surface area contributed by atoms with Crippen molar-refractivity contribution in [3.8, 4) is 11.1 Å². The molecule has 0 spiro atoms. The number of carboxylic acids is 1. The van der Waals surface area contributed by atoms with Crippen LogP contribution >= 0.6 is 0 Å². The summed E-state index contributed by atoms with van der Waals surface area (Å²) in [5.74, 6) is -1.66. The van der Waals surface area contributed by atoms with Gasteiger partial charge in [-0.1, -0.05) is 36.4 Å². The van der Waals surface area contributed by atoms with E-state index in [0.717, 1.165) is 32.2 Å². The Morgan fingerprint density at radius 1 is 0.968 bits per heavy atom. The van der Waals surface area contributed by atoms with E-state index < -0.39 is 45.8 Å². The maximum absolute atomic E-state index is 13.8. The van der Waals surface area contributed by atoms with Gasteiger partial charge in [0.15, 0.2) is 15.9 Å². The van der Waals surface area contributed by atoms with Crippen molar-refractivity contribution in [2.24, 2.45) is 4.99 Å². The number of carbonyl (C=O) groups is 1. The SMILES string of the molecule is CC(C)(F)C[C@H](/N=C(/c1ccc(-c2ccc(S(C)(=O)=O)cc2)cc1)C(F)(F)F)C(=O)O. The van der Waals surface area contributed by atoms with Crippen molar-refractivity contribution in [1.82, 2.24) is 0 Å². The number of hydrogen-bond acceptors (Lipinski definition) is 4. The van der Waals surface area contributed by atoms with Gasteiger partial charge in [0, 0.05) is 18.2 Å². The zero-order chi connectivity index (χ0) is 23.6. The third kappa shape index (κ3) is 6.88. The van der Waals surface area contributed by atoms with Crippen molar-refractivity contribution in [2.45, 2.75) is 43.1 Å². The van der Waals surface area contributed by atoms with Crippen LogP contribution in [0, 0.1) is 0 Å². The normalized spacial score (nSPS) is 14.4. The van der Waals surface area contributed by atoms with Gasteiger partial charge >= 0.3 is 12.1 Å². The van der Waals surface area contributed by atoms with E-state index >= 15 is 0 Å². The molecular weight excluding hydrogens is 438 g/mol. The maximum atomic E-state index is 13.8. The molecule has 0 aliphatic heterocycles. The minimum absolute atomic E-state index is 0.106. The molecule has 0 saturated carbocycles. The van der Waals surface area contributed by atoms with Crippen LogP contribution in [0.1, 0.15) is 25.8 Å². The smallest absolute Gasteiger partial charge is 0.433 e. The van der Waals surface area contributed by atoms with Crippen molar-refractivity contribution in [1.29, 1.82) is 0 Å². The zero-order valence-electron chi connectivity index (χ0n) is 16.9. The molecule has 0 saturated heterocycles. The highest BCUT2D eigenvalue weighted by atomic mass is 32.2. The molecule has 2 rings (SSSR count). The number of alkyl halides is 4. The lowest BCUT2D eigenvalue weighted by Gasteiger charge is -2.19. The minimum atomic E-state index is -4.95.